The Morgan fingerprint density at radius 3 is 2.85 bits per heavy atom. The Labute approximate surface area is 124 Å². The summed E-state index contributed by atoms with van der Waals surface area (Å²) in [5, 5.41) is 7.35. The van der Waals surface area contributed by atoms with Crippen LogP contribution in [0.15, 0.2) is 33.4 Å². The molecular formula is C14H12N2O2S2. The predicted molar refractivity (Wildman–Crippen MR) is 81.6 cm³/mol. The van der Waals surface area contributed by atoms with Gasteiger partial charge in [0.2, 0.25) is 0 Å². The molecule has 0 aliphatic rings. The number of hydrogen-bond acceptors (Lipinski definition) is 5. The van der Waals surface area contributed by atoms with Gasteiger partial charge in [-0.3, -0.25) is 10.1 Å². The summed E-state index contributed by atoms with van der Waals surface area (Å²) in [6.07, 6.45) is 0. The molecule has 1 N–H and O–H groups in total. The highest BCUT2D eigenvalue weighted by Crippen LogP contribution is 2.28. The van der Waals surface area contributed by atoms with Crippen molar-refractivity contribution in [2.24, 2.45) is 0 Å². The number of carbonyl (C=O) groups is 1. The second-order valence-corrected chi connectivity index (χ2v) is 6.10. The fourth-order valence-electron chi connectivity index (χ4n) is 1.89. The molecule has 3 heterocycles. The van der Waals surface area contributed by atoms with E-state index in [1.54, 1.807) is 24.3 Å². The standard InChI is InChI=1S/C14H12N2O2S2/c1-8-6-10(9(2)18-8)13(17)16-14-15-11(7-20-14)12-4-3-5-19-12/h3-7H,1-2H3,(H,15,16,17). The minimum atomic E-state index is -0.188. The molecule has 0 radical (unpaired) electrons. The first-order valence-electron chi connectivity index (χ1n) is 6.01. The van der Waals surface area contributed by atoms with Gasteiger partial charge < -0.3 is 4.42 Å². The van der Waals surface area contributed by atoms with Crippen molar-refractivity contribution in [3.8, 4) is 10.6 Å². The number of thiophene rings is 1. The molecule has 3 aromatic rings. The molecule has 6 heteroatoms. The lowest BCUT2D eigenvalue weighted by Gasteiger charge is -1.99. The third kappa shape index (κ3) is 2.52. The van der Waals surface area contributed by atoms with Gasteiger partial charge in [-0.15, -0.1) is 22.7 Å². The molecule has 0 aliphatic heterocycles. The van der Waals surface area contributed by atoms with E-state index in [1.807, 2.05) is 29.8 Å². The summed E-state index contributed by atoms with van der Waals surface area (Å²) in [5.74, 6) is 1.16. The van der Waals surface area contributed by atoms with Gasteiger partial charge in [0.25, 0.3) is 5.91 Å². The van der Waals surface area contributed by atoms with Crippen LogP contribution in [0.5, 0.6) is 0 Å². The van der Waals surface area contributed by atoms with Gasteiger partial charge in [0.05, 0.1) is 16.1 Å². The van der Waals surface area contributed by atoms with E-state index in [2.05, 4.69) is 10.3 Å². The summed E-state index contributed by atoms with van der Waals surface area (Å²) in [7, 11) is 0. The van der Waals surface area contributed by atoms with Crippen molar-refractivity contribution >= 4 is 33.7 Å². The number of aromatic nitrogens is 1. The Bertz CT molecular complexity index is 741. The number of carbonyl (C=O) groups excluding carboxylic acids is 1. The van der Waals surface area contributed by atoms with E-state index in [0.717, 1.165) is 16.3 Å². The van der Waals surface area contributed by atoms with Crippen LogP contribution in [-0.2, 0) is 0 Å². The first-order chi connectivity index (χ1) is 9.63. The zero-order valence-electron chi connectivity index (χ0n) is 11.0. The number of amides is 1. The third-order valence-corrected chi connectivity index (χ3v) is 4.43. The fraction of sp³-hybridized carbons (Fsp3) is 0.143. The Morgan fingerprint density at radius 2 is 2.20 bits per heavy atom. The lowest BCUT2D eigenvalue weighted by Crippen LogP contribution is -2.11. The number of furan rings is 1. The summed E-state index contributed by atoms with van der Waals surface area (Å²) in [5.41, 5.74) is 1.44. The Hall–Kier alpha value is -1.92. The monoisotopic (exact) mass is 304 g/mol. The van der Waals surface area contributed by atoms with Crippen molar-refractivity contribution in [2.45, 2.75) is 13.8 Å². The molecule has 1 amide bonds. The molecule has 3 rings (SSSR count). The van der Waals surface area contributed by atoms with Crippen LogP contribution in [0.4, 0.5) is 5.13 Å². The fourth-order valence-corrected chi connectivity index (χ4v) is 3.36. The number of nitrogens with zero attached hydrogens (tertiary/aromatic N) is 1. The van der Waals surface area contributed by atoms with E-state index >= 15 is 0 Å². The molecule has 102 valence electrons. The maximum absolute atomic E-state index is 12.1. The van der Waals surface area contributed by atoms with Gasteiger partial charge in [0.1, 0.15) is 11.5 Å². The molecule has 0 fully saturated rings. The van der Waals surface area contributed by atoms with Crippen LogP contribution in [0.2, 0.25) is 0 Å². The average Bonchev–Trinajstić information content (AvgIpc) is 3.09. The number of aryl methyl sites for hydroxylation is 2. The number of anilines is 1. The zero-order chi connectivity index (χ0) is 14.1. The molecule has 0 aromatic carbocycles. The van der Waals surface area contributed by atoms with Crippen LogP contribution in [0.1, 0.15) is 21.9 Å². The van der Waals surface area contributed by atoms with Crippen molar-refractivity contribution < 1.29 is 9.21 Å². The van der Waals surface area contributed by atoms with Gasteiger partial charge in [-0.05, 0) is 31.4 Å². The SMILES string of the molecule is Cc1cc(C(=O)Nc2nc(-c3cccs3)cs2)c(C)o1. The Balaban J connectivity index is 1.78. The van der Waals surface area contributed by atoms with Gasteiger partial charge >= 0.3 is 0 Å². The van der Waals surface area contributed by atoms with Crippen molar-refractivity contribution in [3.63, 3.8) is 0 Å². The Kier molecular flexibility index (Phi) is 3.42. The van der Waals surface area contributed by atoms with Crippen LogP contribution in [0, 0.1) is 13.8 Å². The number of nitrogens with one attached hydrogen (secondary N) is 1. The second-order valence-electron chi connectivity index (χ2n) is 4.30. The summed E-state index contributed by atoms with van der Waals surface area (Å²) in [6.45, 7) is 3.60. The molecule has 20 heavy (non-hydrogen) atoms. The van der Waals surface area contributed by atoms with Gasteiger partial charge in [0, 0.05) is 5.38 Å². The van der Waals surface area contributed by atoms with Gasteiger partial charge in [-0.25, -0.2) is 4.98 Å². The molecule has 0 saturated carbocycles. The summed E-state index contributed by atoms with van der Waals surface area (Å²) < 4.78 is 5.36. The first-order valence-corrected chi connectivity index (χ1v) is 7.77. The minimum absolute atomic E-state index is 0.188. The van der Waals surface area contributed by atoms with E-state index in [9.17, 15) is 4.79 Å². The van der Waals surface area contributed by atoms with Crippen LogP contribution < -0.4 is 5.32 Å². The lowest BCUT2D eigenvalue weighted by molar-refractivity contribution is 0.102. The molecule has 0 spiro atoms. The number of thiazole rings is 1. The van der Waals surface area contributed by atoms with Crippen molar-refractivity contribution in [2.75, 3.05) is 5.32 Å². The number of rotatable bonds is 3. The predicted octanol–water partition coefficient (Wildman–Crippen LogP) is 4.33. The van der Waals surface area contributed by atoms with Crippen LogP contribution in [0.25, 0.3) is 10.6 Å². The van der Waals surface area contributed by atoms with Gasteiger partial charge in [-0.2, -0.15) is 0 Å². The van der Waals surface area contributed by atoms with E-state index in [1.165, 1.54) is 11.3 Å². The molecule has 0 unspecified atom stereocenters. The molecular weight excluding hydrogens is 292 g/mol. The summed E-state index contributed by atoms with van der Waals surface area (Å²) in [4.78, 5) is 17.7. The molecule has 0 saturated heterocycles. The molecule has 3 aromatic heterocycles. The smallest absolute Gasteiger partial charge is 0.260 e. The molecule has 0 atom stereocenters. The van der Waals surface area contributed by atoms with Gasteiger partial charge in [-0.1, -0.05) is 6.07 Å². The minimum Gasteiger partial charge on any atom is -0.466 e. The largest absolute Gasteiger partial charge is 0.466 e. The van der Waals surface area contributed by atoms with Crippen molar-refractivity contribution in [3.05, 3.63) is 46.0 Å². The number of hydrogen-bond donors (Lipinski definition) is 1. The maximum atomic E-state index is 12.1. The average molecular weight is 304 g/mol. The van der Waals surface area contributed by atoms with Gasteiger partial charge in [0.15, 0.2) is 5.13 Å². The molecule has 4 nitrogen and oxygen atoms in total. The highest BCUT2D eigenvalue weighted by molar-refractivity contribution is 7.16. The lowest BCUT2D eigenvalue weighted by atomic mass is 10.2. The Morgan fingerprint density at radius 1 is 1.35 bits per heavy atom. The normalized spacial score (nSPS) is 10.7. The van der Waals surface area contributed by atoms with Crippen molar-refractivity contribution in [1.82, 2.24) is 4.98 Å². The van der Waals surface area contributed by atoms with E-state index < -0.39 is 0 Å². The quantitative estimate of drug-likeness (QED) is 0.783. The highest BCUT2D eigenvalue weighted by Gasteiger charge is 2.15. The molecule has 0 bridgehead atoms. The second kappa shape index (κ2) is 5.22. The van der Waals surface area contributed by atoms with E-state index in [4.69, 9.17) is 4.42 Å². The van der Waals surface area contributed by atoms with Crippen molar-refractivity contribution in [1.29, 1.82) is 0 Å². The van der Waals surface area contributed by atoms with E-state index in [-0.39, 0.29) is 5.91 Å². The summed E-state index contributed by atoms with van der Waals surface area (Å²) >= 11 is 3.04. The maximum Gasteiger partial charge on any atom is 0.260 e. The highest BCUT2D eigenvalue weighted by atomic mass is 32.1. The van der Waals surface area contributed by atoms with E-state index in [0.29, 0.717) is 16.5 Å². The van der Waals surface area contributed by atoms with Crippen LogP contribution in [-0.4, -0.2) is 10.9 Å². The van der Waals surface area contributed by atoms with Crippen LogP contribution >= 0.6 is 22.7 Å². The summed E-state index contributed by atoms with van der Waals surface area (Å²) in [6, 6.07) is 5.72. The first kappa shape index (κ1) is 13.1. The topological polar surface area (TPSA) is 55.1 Å². The molecule has 0 aliphatic carbocycles. The zero-order valence-corrected chi connectivity index (χ0v) is 12.6. The van der Waals surface area contributed by atoms with Crippen LogP contribution in [0.3, 0.4) is 0 Å². The third-order valence-electron chi connectivity index (χ3n) is 2.78.